The van der Waals surface area contributed by atoms with Crippen LogP contribution in [0, 0.1) is 0 Å². The van der Waals surface area contributed by atoms with Gasteiger partial charge in [-0.05, 0) is 32.3 Å². The van der Waals surface area contributed by atoms with Gasteiger partial charge in [0.05, 0.1) is 17.8 Å². The summed E-state index contributed by atoms with van der Waals surface area (Å²) in [5.41, 5.74) is 1.46. The van der Waals surface area contributed by atoms with Crippen LogP contribution < -0.4 is 10.2 Å². The summed E-state index contributed by atoms with van der Waals surface area (Å²) < 4.78 is 5.62. The Labute approximate surface area is 165 Å². The lowest BCUT2D eigenvalue weighted by Gasteiger charge is -2.19. The molecule has 146 valence electrons. The van der Waals surface area contributed by atoms with Crippen LogP contribution in [0.25, 0.3) is 0 Å². The molecule has 6 nitrogen and oxygen atoms in total. The number of carbonyl (C=O) groups excluding carboxylic acids is 1. The zero-order valence-corrected chi connectivity index (χ0v) is 16.7. The molecule has 0 saturated carbocycles. The average molecular weight is 391 g/mol. The molecule has 0 unspecified atom stereocenters. The quantitative estimate of drug-likeness (QED) is 0.596. The molecule has 0 aliphatic rings. The summed E-state index contributed by atoms with van der Waals surface area (Å²) in [4.78, 5) is 22.8. The molecule has 7 heteroatoms. The topological polar surface area (TPSA) is 67.4 Å². The summed E-state index contributed by atoms with van der Waals surface area (Å²) in [5.74, 6) is 0.221. The Balaban J connectivity index is 1.71. The van der Waals surface area contributed by atoms with E-state index in [4.69, 9.17) is 16.3 Å². The van der Waals surface area contributed by atoms with Gasteiger partial charge in [-0.2, -0.15) is 0 Å². The zero-order valence-electron chi connectivity index (χ0n) is 15.9. The molecule has 0 saturated heterocycles. The fourth-order valence-corrected chi connectivity index (χ4v) is 2.75. The van der Waals surface area contributed by atoms with Crippen molar-refractivity contribution in [3.8, 4) is 0 Å². The van der Waals surface area contributed by atoms with Gasteiger partial charge in [-0.1, -0.05) is 41.9 Å². The molecule has 0 radical (unpaired) electrons. The molecule has 2 rings (SSSR count). The van der Waals surface area contributed by atoms with E-state index in [0.717, 1.165) is 25.9 Å². The van der Waals surface area contributed by atoms with E-state index in [1.165, 1.54) is 11.8 Å². The van der Waals surface area contributed by atoms with Gasteiger partial charge in [0.15, 0.2) is 5.69 Å². The molecule has 1 amide bonds. The molecule has 2 aromatic rings. The first kappa shape index (κ1) is 21.1. The number of nitrogens with one attached hydrogen (secondary N) is 1. The number of ether oxygens (including phenoxy) is 1. The van der Waals surface area contributed by atoms with Crippen LogP contribution in [-0.2, 0) is 11.2 Å². The molecule has 0 aliphatic carbocycles. The molecule has 0 aliphatic heterocycles. The molecule has 27 heavy (non-hydrogen) atoms. The van der Waals surface area contributed by atoms with Crippen molar-refractivity contribution in [3.63, 3.8) is 0 Å². The highest BCUT2D eigenvalue weighted by Crippen LogP contribution is 2.16. The molecular weight excluding hydrogens is 364 g/mol. The smallest absolute Gasteiger partial charge is 0.271 e. The lowest BCUT2D eigenvalue weighted by Crippen LogP contribution is -2.29. The van der Waals surface area contributed by atoms with E-state index in [0.29, 0.717) is 25.7 Å². The van der Waals surface area contributed by atoms with Gasteiger partial charge in [0, 0.05) is 26.2 Å². The summed E-state index contributed by atoms with van der Waals surface area (Å²) in [6.45, 7) is 7.32. The van der Waals surface area contributed by atoms with E-state index in [2.05, 4.69) is 27.4 Å². The first-order valence-electron chi connectivity index (χ1n) is 9.33. The highest BCUT2D eigenvalue weighted by atomic mass is 35.5. The number of carbonyl (C=O) groups is 1. The maximum Gasteiger partial charge on any atom is 0.271 e. The van der Waals surface area contributed by atoms with E-state index >= 15 is 0 Å². The van der Waals surface area contributed by atoms with Crippen LogP contribution in [0.4, 0.5) is 5.95 Å². The molecule has 0 fully saturated rings. The molecular formula is C20H27ClN4O2. The minimum absolute atomic E-state index is 0.207. The largest absolute Gasteiger partial charge is 0.381 e. The SMILES string of the molecule is CCN(CC)c1ncc(Cl)c(C(=O)NCCCOCCc2ccccc2)n1. The minimum Gasteiger partial charge on any atom is -0.381 e. The van der Waals surface area contributed by atoms with Gasteiger partial charge in [-0.25, -0.2) is 9.97 Å². The maximum atomic E-state index is 12.3. The van der Waals surface area contributed by atoms with Gasteiger partial charge >= 0.3 is 0 Å². The molecule has 0 spiro atoms. The van der Waals surface area contributed by atoms with E-state index < -0.39 is 0 Å². The fourth-order valence-electron chi connectivity index (χ4n) is 2.57. The molecule has 1 aromatic heterocycles. The average Bonchev–Trinajstić information content (AvgIpc) is 2.70. The van der Waals surface area contributed by atoms with Gasteiger partial charge in [0.2, 0.25) is 5.95 Å². The van der Waals surface area contributed by atoms with Crippen LogP contribution in [0.2, 0.25) is 5.02 Å². The summed E-state index contributed by atoms with van der Waals surface area (Å²) in [6, 6.07) is 10.2. The Morgan fingerprint density at radius 1 is 1.19 bits per heavy atom. The Morgan fingerprint density at radius 3 is 2.63 bits per heavy atom. The number of benzene rings is 1. The predicted molar refractivity (Wildman–Crippen MR) is 109 cm³/mol. The zero-order chi connectivity index (χ0) is 19.5. The third kappa shape index (κ3) is 6.81. The number of nitrogens with zero attached hydrogens (tertiary/aromatic N) is 3. The number of halogens is 1. The summed E-state index contributed by atoms with van der Waals surface area (Å²) in [5, 5.41) is 3.09. The van der Waals surface area contributed by atoms with Crippen LogP contribution in [0.3, 0.4) is 0 Å². The van der Waals surface area contributed by atoms with Crippen LogP contribution in [0.5, 0.6) is 0 Å². The highest BCUT2D eigenvalue weighted by molar-refractivity contribution is 6.33. The summed E-state index contributed by atoms with van der Waals surface area (Å²) in [6.07, 6.45) is 3.09. The lowest BCUT2D eigenvalue weighted by molar-refractivity contribution is 0.0937. The number of rotatable bonds is 11. The number of hydrogen-bond acceptors (Lipinski definition) is 5. The van der Waals surface area contributed by atoms with E-state index in [-0.39, 0.29) is 16.6 Å². The Kier molecular flexibility index (Phi) is 9.01. The van der Waals surface area contributed by atoms with Crippen molar-refractivity contribution in [2.75, 3.05) is 37.7 Å². The van der Waals surface area contributed by atoms with E-state index in [1.807, 2.05) is 36.9 Å². The second kappa shape index (κ2) is 11.5. The Bertz CT molecular complexity index is 708. The number of hydrogen-bond donors (Lipinski definition) is 1. The molecule has 1 heterocycles. The van der Waals surface area contributed by atoms with Gasteiger partial charge in [0.1, 0.15) is 0 Å². The van der Waals surface area contributed by atoms with Crippen molar-refractivity contribution in [1.82, 2.24) is 15.3 Å². The first-order chi connectivity index (χ1) is 13.2. The molecule has 0 bridgehead atoms. The van der Waals surface area contributed by atoms with E-state index in [9.17, 15) is 4.79 Å². The monoisotopic (exact) mass is 390 g/mol. The number of amides is 1. The highest BCUT2D eigenvalue weighted by Gasteiger charge is 2.15. The van der Waals surface area contributed by atoms with Crippen LogP contribution in [0.15, 0.2) is 36.5 Å². The standard InChI is InChI=1S/C20H27ClN4O2/c1-3-25(4-2)20-23-15-17(21)18(24-20)19(26)22-12-8-13-27-14-11-16-9-6-5-7-10-16/h5-7,9-10,15H,3-4,8,11-14H2,1-2H3,(H,22,26). The van der Waals surface area contributed by atoms with Crippen molar-refractivity contribution in [1.29, 1.82) is 0 Å². The summed E-state index contributed by atoms with van der Waals surface area (Å²) in [7, 11) is 0. The van der Waals surface area contributed by atoms with Crippen molar-refractivity contribution in [2.24, 2.45) is 0 Å². The molecule has 1 N–H and O–H groups in total. The maximum absolute atomic E-state index is 12.3. The second-order valence-electron chi connectivity index (χ2n) is 6.00. The molecule has 1 aromatic carbocycles. The molecule has 0 atom stereocenters. The van der Waals surface area contributed by atoms with Crippen LogP contribution in [0.1, 0.15) is 36.3 Å². The predicted octanol–water partition coefficient (Wildman–Crippen LogP) is 3.36. The third-order valence-electron chi connectivity index (χ3n) is 4.12. The van der Waals surface area contributed by atoms with E-state index in [1.54, 1.807) is 0 Å². The first-order valence-corrected chi connectivity index (χ1v) is 9.70. The Morgan fingerprint density at radius 2 is 1.93 bits per heavy atom. The minimum atomic E-state index is -0.292. The van der Waals surface area contributed by atoms with Gasteiger partial charge in [-0.3, -0.25) is 4.79 Å². The van der Waals surface area contributed by atoms with Crippen LogP contribution in [-0.4, -0.2) is 48.7 Å². The van der Waals surface area contributed by atoms with Crippen molar-refractivity contribution in [3.05, 3.63) is 52.8 Å². The van der Waals surface area contributed by atoms with Gasteiger partial charge in [-0.15, -0.1) is 0 Å². The van der Waals surface area contributed by atoms with Gasteiger partial charge in [0.25, 0.3) is 5.91 Å². The fraction of sp³-hybridized carbons (Fsp3) is 0.450. The van der Waals surface area contributed by atoms with Gasteiger partial charge < -0.3 is 15.0 Å². The Hall–Kier alpha value is -2.18. The van der Waals surface area contributed by atoms with Crippen molar-refractivity contribution < 1.29 is 9.53 Å². The lowest BCUT2D eigenvalue weighted by atomic mass is 10.2. The van der Waals surface area contributed by atoms with Crippen LogP contribution >= 0.6 is 11.6 Å². The second-order valence-corrected chi connectivity index (χ2v) is 6.40. The normalized spacial score (nSPS) is 10.6. The number of aromatic nitrogens is 2. The summed E-state index contributed by atoms with van der Waals surface area (Å²) >= 11 is 6.09. The third-order valence-corrected chi connectivity index (χ3v) is 4.40. The number of anilines is 1. The van der Waals surface area contributed by atoms with Crippen molar-refractivity contribution >= 4 is 23.5 Å². The van der Waals surface area contributed by atoms with Crippen molar-refractivity contribution in [2.45, 2.75) is 26.7 Å².